The van der Waals surface area contributed by atoms with Crippen molar-refractivity contribution in [1.82, 2.24) is 14.2 Å². The second-order valence-electron chi connectivity index (χ2n) is 4.39. The lowest BCUT2D eigenvalue weighted by Crippen LogP contribution is -2.24. The Hall–Kier alpha value is -2.27. The fourth-order valence-corrected chi connectivity index (χ4v) is 2.15. The molecule has 6 heteroatoms. The van der Waals surface area contributed by atoms with Crippen molar-refractivity contribution in [3.8, 4) is 0 Å². The number of aromatic nitrogens is 3. The molecule has 3 aromatic rings. The van der Waals surface area contributed by atoms with Crippen LogP contribution in [0.3, 0.4) is 0 Å². The zero-order valence-electron chi connectivity index (χ0n) is 10.7. The van der Waals surface area contributed by atoms with Gasteiger partial charge in [-0.25, -0.2) is 4.52 Å². The fourth-order valence-electron chi connectivity index (χ4n) is 2.03. The van der Waals surface area contributed by atoms with E-state index in [4.69, 9.17) is 11.6 Å². The number of nitrogens with zero attached hydrogens (tertiary/aromatic N) is 3. The highest BCUT2D eigenvalue weighted by Crippen LogP contribution is 2.12. The molecule has 3 rings (SSSR count). The van der Waals surface area contributed by atoms with Crippen molar-refractivity contribution in [3.63, 3.8) is 0 Å². The number of rotatable bonds is 4. The highest BCUT2D eigenvalue weighted by molar-refractivity contribution is 6.30. The first-order valence-corrected chi connectivity index (χ1v) is 6.64. The lowest BCUT2D eigenvalue weighted by molar-refractivity contribution is 0.688. The smallest absolute Gasteiger partial charge is 0.276 e. The third-order valence-electron chi connectivity index (χ3n) is 3.06. The summed E-state index contributed by atoms with van der Waals surface area (Å²) in [5.74, 6) is 0. The molecule has 0 saturated carbocycles. The third kappa shape index (κ3) is 2.53. The van der Waals surface area contributed by atoms with Gasteiger partial charge in [-0.3, -0.25) is 4.79 Å². The highest BCUT2D eigenvalue weighted by Gasteiger charge is 2.02. The first-order chi connectivity index (χ1) is 9.74. The monoisotopic (exact) mass is 288 g/mol. The maximum atomic E-state index is 12.1. The Balaban J connectivity index is 1.69. The van der Waals surface area contributed by atoms with Gasteiger partial charge < -0.3 is 9.88 Å². The van der Waals surface area contributed by atoms with Crippen LogP contribution < -0.4 is 10.9 Å². The van der Waals surface area contributed by atoms with Gasteiger partial charge in [0.2, 0.25) is 0 Å². The number of anilines is 1. The van der Waals surface area contributed by atoms with Crippen LogP contribution in [0.15, 0.2) is 53.7 Å². The quantitative estimate of drug-likeness (QED) is 0.801. The minimum absolute atomic E-state index is 0.0390. The molecule has 0 bridgehead atoms. The van der Waals surface area contributed by atoms with Crippen LogP contribution in [-0.2, 0) is 6.54 Å². The van der Waals surface area contributed by atoms with Crippen LogP contribution in [0.1, 0.15) is 0 Å². The van der Waals surface area contributed by atoms with Crippen molar-refractivity contribution in [2.24, 2.45) is 0 Å². The molecule has 0 fully saturated rings. The van der Waals surface area contributed by atoms with Crippen LogP contribution in [0.4, 0.5) is 5.69 Å². The topological polar surface area (TPSA) is 51.3 Å². The Morgan fingerprint density at radius 2 is 1.95 bits per heavy atom. The highest BCUT2D eigenvalue weighted by atomic mass is 35.5. The standard InChI is InChI=1S/C14H13ClN4O/c15-11-1-3-12(4-2-11)16-7-8-18-9-10-19-13(14(18)20)5-6-17-19/h1-6,9-10,16H,7-8H2. The first-order valence-electron chi connectivity index (χ1n) is 6.26. The van der Waals surface area contributed by atoms with E-state index in [0.717, 1.165) is 5.69 Å². The molecular weight excluding hydrogens is 276 g/mol. The van der Waals surface area contributed by atoms with Gasteiger partial charge in [0.25, 0.3) is 5.56 Å². The second-order valence-corrected chi connectivity index (χ2v) is 4.83. The molecule has 0 saturated heterocycles. The fraction of sp³-hybridized carbons (Fsp3) is 0.143. The maximum Gasteiger partial charge on any atom is 0.276 e. The Morgan fingerprint density at radius 3 is 2.75 bits per heavy atom. The van der Waals surface area contributed by atoms with Crippen molar-refractivity contribution in [3.05, 3.63) is 64.3 Å². The zero-order valence-corrected chi connectivity index (χ0v) is 11.4. The van der Waals surface area contributed by atoms with E-state index in [1.807, 2.05) is 24.3 Å². The van der Waals surface area contributed by atoms with Crippen LogP contribution in [0.5, 0.6) is 0 Å². The minimum atomic E-state index is -0.0390. The summed E-state index contributed by atoms with van der Waals surface area (Å²) >= 11 is 5.83. The summed E-state index contributed by atoms with van der Waals surface area (Å²) in [6.07, 6.45) is 5.14. The number of hydrogen-bond donors (Lipinski definition) is 1. The SMILES string of the molecule is O=c1c2ccnn2ccn1CCNc1ccc(Cl)cc1. The van der Waals surface area contributed by atoms with E-state index in [0.29, 0.717) is 23.6 Å². The van der Waals surface area contributed by atoms with Crippen LogP contribution in [0, 0.1) is 0 Å². The summed E-state index contributed by atoms with van der Waals surface area (Å²) in [5.41, 5.74) is 1.52. The van der Waals surface area contributed by atoms with Gasteiger partial charge in [-0.2, -0.15) is 5.10 Å². The van der Waals surface area contributed by atoms with Crippen LogP contribution in [-0.4, -0.2) is 20.7 Å². The molecule has 1 N–H and O–H groups in total. The Morgan fingerprint density at radius 1 is 1.15 bits per heavy atom. The van der Waals surface area contributed by atoms with E-state index in [1.165, 1.54) is 0 Å². The number of nitrogens with one attached hydrogen (secondary N) is 1. The molecule has 5 nitrogen and oxygen atoms in total. The molecule has 102 valence electrons. The summed E-state index contributed by atoms with van der Waals surface area (Å²) in [5, 5.41) is 7.99. The van der Waals surface area contributed by atoms with Gasteiger partial charge in [-0.1, -0.05) is 11.6 Å². The number of benzene rings is 1. The Bertz CT molecular complexity index is 776. The molecule has 2 heterocycles. The molecule has 0 aliphatic rings. The third-order valence-corrected chi connectivity index (χ3v) is 3.32. The second kappa shape index (κ2) is 5.38. The van der Waals surface area contributed by atoms with Gasteiger partial charge in [0.05, 0.1) is 6.20 Å². The molecule has 0 unspecified atom stereocenters. The lowest BCUT2D eigenvalue weighted by Gasteiger charge is -2.08. The summed E-state index contributed by atoms with van der Waals surface area (Å²) < 4.78 is 3.24. The molecule has 0 atom stereocenters. The largest absolute Gasteiger partial charge is 0.383 e. The van der Waals surface area contributed by atoms with Crippen LogP contribution in [0.2, 0.25) is 5.02 Å². The molecule has 0 radical (unpaired) electrons. The van der Waals surface area contributed by atoms with Gasteiger partial charge in [0, 0.05) is 36.2 Å². The molecule has 0 spiro atoms. The van der Waals surface area contributed by atoms with E-state index in [-0.39, 0.29) is 5.56 Å². The van der Waals surface area contributed by atoms with E-state index in [9.17, 15) is 4.79 Å². The van der Waals surface area contributed by atoms with Gasteiger partial charge in [0.15, 0.2) is 0 Å². The summed E-state index contributed by atoms with van der Waals surface area (Å²) in [6, 6.07) is 9.19. The van der Waals surface area contributed by atoms with E-state index < -0.39 is 0 Å². The summed E-state index contributed by atoms with van der Waals surface area (Å²) in [6.45, 7) is 1.25. The number of hydrogen-bond acceptors (Lipinski definition) is 3. The van der Waals surface area contributed by atoms with Crippen molar-refractivity contribution < 1.29 is 0 Å². The average Bonchev–Trinajstić information content (AvgIpc) is 2.93. The predicted octanol–water partition coefficient (Wildman–Crippen LogP) is 2.26. The molecule has 2 aromatic heterocycles. The maximum absolute atomic E-state index is 12.1. The number of halogens is 1. The molecule has 1 aromatic carbocycles. The van der Waals surface area contributed by atoms with Crippen molar-refractivity contribution in [2.45, 2.75) is 6.54 Å². The van der Waals surface area contributed by atoms with Crippen LogP contribution >= 0.6 is 11.6 Å². The Kier molecular flexibility index (Phi) is 3.43. The van der Waals surface area contributed by atoms with Gasteiger partial charge in [0.1, 0.15) is 5.52 Å². The summed E-state index contributed by atoms with van der Waals surface area (Å²) in [7, 11) is 0. The van der Waals surface area contributed by atoms with Gasteiger partial charge in [-0.15, -0.1) is 0 Å². The normalized spacial score (nSPS) is 10.8. The van der Waals surface area contributed by atoms with E-state index in [2.05, 4.69) is 10.4 Å². The van der Waals surface area contributed by atoms with E-state index >= 15 is 0 Å². The van der Waals surface area contributed by atoms with Crippen molar-refractivity contribution in [2.75, 3.05) is 11.9 Å². The molecular formula is C14H13ClN4O. The number of fused-ring (bicyclic) bond motifs is 1. The van der Waals surface area contributed by atoms with Crippen molar-refractivity contribution >= 4 is 22.8 Å². The Labute approximate surface area is 120 Å². The lowest BCUT2D eigenvalue weighted by atomic mass is 10.3. The molecule has 0 aliphatic carbocycles. The summed E-state index contributed by atoms with van der Waals surface area (Å²) in [4.78, 5) is 12.1. The van der Waals surface area contributed by atoms with Gasteiger partial charge >= 0.3 is 0 Å². The molecule has 0 amide bonds. The molecule has 0 aliphatic heterocycles. The zero-order chi connectivity index (χ0) is 13.9. The first kappa shape index (κ1) is 12.7. The minimum Gasteiger partial charge on any atom is -0.383 e. The molecule has 20 heavy (non-hydrogen) atoms. The predicted molar refractivity (Wildman–Crippen MR) is 79.4 cm³/mol. The van der Waals surface area contributed by atoms with Crippen LogP contribution in [0.25, 0.3) is 5.52 Å². The van der Waals surface area contributed by atoms with Gasteiger partial charge in [-0.05, 0) is 30.3 Å². The van der Waals surface area contributed by atoms with Crippen molar-refractivity contribution in [1.29, 1.82) is 0 Å². The average molecular weight is 289 g/mol. The van der Waals surface area contributed by atoms with E-state index in [1.54, 1.807) is 33.7 Å².